The van der Waals surface area contributed by atoms with Crippen LogP contribution in [0.1, 0.15) is 53.9 Å². The molecule has 2 aromatic heterocycles. The normalized spacial score (nSPS) is 21.6. The summed E-state index contributed by atoms with van der Waals surface area (Å²) in [5, 5.41) is 7.21. The van der Waals surface area contributed by atoms with E-state index in [1.54, 1.807) is 0 Å². The fraction of sp³-hybridized carbons (Fsp3) is 0.393. The SMILES string of the molecule is Cc1ccc(C)c(NC(=O)CCN2C(=S)N[C@@H](c3ccccn3)[C@@H]2c2cccn2C[C@@H]2CCCO2)c1. The third-order valence-electron chi connectivity index (χ3n) is 7.04. The van der Waals surface area contributed by atoms with Gasteiger partial charge in [0, 0.05) is 49.9 Å². The molecule has 2 aliphatic rings. The van der Waals surface area contributed by atoms with Crippen LogP contribution < -0.4 is 10.6 Å². The smallest absolute Gasteiger partial charge is 0.226 e. The average Bonchev–Trinajstić information content (AvgIpc) is 3.62. The maximum atomic E-state index is 12.9. The molecule has 2 N–H and O–H groups in total. The first-order chi connectivity index (χ1) is 17.5. The van der Waals surface area contributed by atoms with Gasteiger partial charge in [0.25, 0.3) is 0 Å². The number of nitrogens with zero attached hydrogens (tertiary/aromatic N) is 3. The lowest BCUT2D eigenvalue weighted by Gasteiger charge is -2.29. The van der Waals surface area contributed by atoms with E-state index < -0.39 is 0 Å². The van der Waals surface area contributed by atoms with Gasteiger partial charge in [-0.25, -0.2) is 0 Å². The largest absolute Gasteiger partial charge is 0.376 e. The first-order valence-corrected chi connectivity index (χ1v) is 13.0. The quantitative estimate of drug-likeness (QED) is 0.435. The van der Waals surface area contributed by atoms with E-state index >= 15 is 0 Å². The summed E-state index contributed by atoms with van der Waals surface area (Å²) in [7, 11) is 0. The molecule has 5 rings (SSSR count). The molecule has 0 spiro atoms. The van der Waals surface area contributed by atoms with Crippen LogP contribution >= 0.6 is 12.2 Å². The maximum Gasteiger partial charge on any atom is 0.226 e. The molecular formula is C28H33N5O2S. The Morgan fingerprint density at radius 1 is 1.22 bits per heavy atom. The van der Waals surface area contributed by atoms with Crippen LogP contribution in [0.3, 0.4) is 0 Å². The predicted octanol–water partition coefficient (Wildman–Crippen LogP) is 4.68. The minimum atomic E-state index is -0.112. The van der Waals surface area contributed by atoms with Gasteiger partial charge >= 0.3 is 0 Å². The molecule has 0 aliphatic carbocycles. The minimum Gasteiger partial charge on any atom is -0.376 e. The molecule has 1 amide bonds. The van der Waals surface area contributed by atoms with E-state index in [1.165, 1.54) is 0 Å². The highest BCUT2D eigenvalue weighted by Crippen LogP contribution is 2.39. The maximum absolute atomic E-state index is 12.9. The molecular weight excluding hydrogens is 470 g/mol. The third-order valence-corrected chi connectivity index (χ3v) is 7.39. The summed E-state index contributed by atoms with van der Waals surface area (Å²) in [6.07, 6.45) is 6.65. The zero-order valence-electron chi connectivity index (χ0n) is 20.8. The van der Waals surface area contributed by atoms with Crippen LogP contribution in [0.4, 0.5) is 5.69 Å². The zero-order valence-corrected chi connectivity index (χ0v) is 21.6. The van der Waals surface area contributed by atoms with Gasteiger partial charge in [-0.1, -0.05) is 18.2 Å². The first kappa shape index (κ1) is 24.5. The van der Waals surface area contributed by atoms with Crippen molar-refractivity contribution in [2.24, 2.45) is 0 Å². The molecule has 2 aliphatic heterocycles. The summed E-state index contributed by atoms with van der Waals surface area (Å²) in [4.78, 5) is 19.7. The lowest BCUT2D eigenvalue weighted by molar-refractivity contribution is -0.116. The van der Waals surface area contributed by atoms with E-state index in [4.69, 9.17) is 17.0 Å². The molecule has 2 saturated heterocycles. The summed E-state index contributed by atoms with van der Waals surface area (Å²) in [5.74, 6) is -0.0266. The molecule has 36 heavy (non-hydrogen) atoms. The van der Waals surface area contributed by atoms with E-state index in [9.17, 15) is 4.79 Å². The summed E-state index contributed by atoms with van der Waals surface area (Å²) >= 11 is 5.80. The molecule has 7 nitrogen and oxygen atoms in total. The van der Waals surface area contributed by atoms with Gasteiger partial charge in [0.15, 0.2) is 5.11 Å². The molecule has 3 aromatic rings. The van der Waals surface area contributed by atoms with Crippen LogP contribution in [-0.4, -0.2) is 44.7 Å². The van der Waals surface area contributed by atoms with Crippen molar-refractivity contribution in [3.05, 3.63) is 83.4 Å². The molecule has 0 unspecified atom stereocenters. The molecule has 4 heterocycles. The number of hydrogen-bond donors (Lipinski definition) is 2. The lowest BCUT2D eigenvalue weighted by Crippen LogP contribution is -2.33. The van der Waals surface area contributed by atoms with E-state index in [-0.39, 0.29) is 24.1 Å². The second kappa shape index (κ2) is 10.8. The van der Waals surface area contributed by atoms with Crippen molar-refractivity contribution in [1.29, 1.82) is 0 Å². The number of ether oxygens (including phenoxy) is 1. The number of thiocarbonyl (C=S) groups is 1. The monoisotopic (exact) mass is 503 g/mol. The van der Waals surface area contributed by atoms with Crippen molar-refractivity contribution in [3.8, 4) is 0 Å². The second-order valence-electron chi connectivity index (χ2n) is 9.66. The highest BCUT2D eigenvalue weighted by molar-refractivity contribution is 7.80. The summed E-state index contributed by atoms with van der Waals surface area (Å²) < 4.78 is 8.19. The van der Waals surface area contributed by atoms with Crippen LogP contribution in [0.25, 0.3) is 0 Å². The van der Waals surface area contributed by atoms with E-state index in [2.05, 4.69) is 43.4 Å². The van der Waals surface area contributed by atoms with Crippen LogP contribution in [0.2, 0.25) is 0 Å². The number of aryl methyl sites for hydroxylation is 2. The Bertz CT molecular complexity index is 1220. The number of carbonyl (C=O) groups excluding carboxylic acids is 1. The fourth-order valence-corrected chi connectivity index (χ4v) is 5.47. The number of amides is 1. The van der Waals surface area contributed by atoms with Crippen LogP contribution in [0.15, 0.2) is 60.9 Å². The van der Waals surface area contributed by atoms with Crippen LogP contribution in [-0.2, 0) is 16.1 Å². The molecule has 188 valence electrons. The molecule has 3 atom stereocenters. The Hall–Kier alpha value is -3.23. The second-order valence-corrected chi connectivity index (χ2v) is 10.0. The topological polar surface area (TPSA) is 71.4 Å². The lowest BCUT2D eigenvalue weighted by atomic mass is 10.0. The van der Waals surface area contributed by atoms with Gasteiger partial charge < -0.3 is 24.8 Å². The molecule has 0 radical (unpaired) electrons. The van der Waals surface area contributed by atoms with Crippen molar-refractivity contribution in [3.63, 3.8) is 0 Å². The fourth-order valence-electron chi connectivity index (χ4n) is 5.14. The molecule has 0 bridgehead atoms. The summed E-state index contributed by atoms with van der Waals surface area (Å²) in [6.45, 7) is 6.17. The number of benzene rings is 1. The molecule has 8 heteroatoms. The van der Waals surface area contributed by atoms with E-state index in [0.717, 1.165) is 54.2 Å². The number of nitrogens with one attached hydrogen (secondary N) is 2. The molecule has 1 aromatic carbocycles. The van der Waals surface area contributed by atoms with Gasteiger partial charge in [-0.05, 0) is 80.4 Å². The van der Waals surface area contributed by atoms with E-state index in [0.29, 0.717) is 18.1 Å². The predicted molar refractivity (Wildman–Crippen MR) is 145 cm³/mol. The number of aromatic nitrogens is 2. The average molecular weight is 504 g/mol. The standard InChI is InChI=1S/C28H33N5O2S/c1-19-10-11-20(2)23(17-19)30-25(34)12-15-33-27(26(31-28(33)36)22-8-3-4-13-29-22)24-9-5-14-32(24)18-21-7-6-16-35-21/h3-5,8-11,13-14,17,21,26-27H,6-7,12,15-16,18H2,1-2H3,(H,30,34)(H,31,36)/t21-,26-,27-/m0/s1. The van der Waals surface area contributed by atoms with Gasteiger partial charge in [0.05, 0.1) is 23.9 Å². The Labute approximate surface area is 217 Å². The molecule has 0 saturated carbocycles. The summed E-state index contributed by atoms with van der Waals surface area (Å²) in [5.41, 5.74) is 5.09. The zero-order chi connectivity index (χ0) is 25.1. The number of hydrogen-bond acceptors (Lipinski definition) is 4. The Morgan fingerprint density at radius 2 is 2.11 bits per heavy atom. The highest BCUT2D eigenvalue weighted by Gasteiger charge is 2.41. The Balaban J connectivity index is 1.37. The van der Waals surface area contributed by atoms with Gasteiger partial charge in [-0.3, -0.25) is 9.78 Å². The van der Waals surface area contributed by atoms with E-state index in [1.807, 2.05) is 56.4 Å². The number of pyridine rings is 1. The third kappa shape index (κ3) is 5.29. The molecule has 2 fully saturated rings. The van der Waals surface area contributed by atoms with Crippen LogP contribution in [0, 0.1) is 13.8 Å². The van der Waals surface area contributed by atoms with Crippen molar-refractivity contribution in [1.82, 2.24) is 19.8 Å². The number of carbonyl (C=O) groups is 1. The highest BCUT2D eigenvalue weighted by atomic mass is 32.1. The summed E-state index contributed by atoms with van der Waals surface area (Å²) in [6, 6.07) is 16.0. The van der Waals surface area contributed by atoms with Crippen LogP contribution in [0.5, 0.6) is 0 Å². The number of anilines is 1. The van der Waals surface area contributed by atoms with Crippen molar-refractivity contribution >= 4 is 28.9 Å². The van der Waals surface area contributed by atoms with Gasteiger partial charge in [0.1, 0.15) is 0 Å². The minimum absolute atomic E-state index is 0.0266. The van der Waals surface area contributed by atoms with Gasteiger partial charge in [0.2, 0.25) is 5.91 Å². The number of rotatable bonds is 8. The van der Waals surface area contributed by atoms with Gasteiger partial charge in [-0.15, -0.1) is 0 Å². The van der Waals surface area contributed by atoms with Crippen molar-refractivity contribution < 1.29 is 9.53 Å². The van der Waals surface area contributed by atoms with Crippen molar-refractivity contribution in [2.75, 3.05) is 18.5 Å². The Kier molecular flexibility index (Phi) is 7.34. The first-order valence-electron chi connectivity index (χ1n) is 12.6. The van der Waals surface area contributed by atoms with Crippen molar-refractivity contribution in [2.45, 2.75) is 57.8 Å². The Morgan fingerprint density at radius 3 is 2.89 bits per heavy atom. The van der Waals surface area contributed by atoms with Gasteiger partial charge in [-0.2, -0.15) is 0 Å².